The fourth-order valence-electron chi connectivity index (χ4n) is 1.56. The van der Waals surface area contributed by atoms with Crippen molar-refractivity contribution in [1.82, 2.24) is 0 Å². The molecule has 0 aliphatic rings. The van der Waals surface area contributed by atoms with Crippen molar-refractivity contribution in [3.63, 3.8) is 0 Å². The molecule has 0 bridgehead atoms. The van der Waals surface area contributed by atoms with Gasteiger partial charge in [0, 0.05) is 12.6 Å². The summed E-state index contributed by atoms with van der Waals surface area (Å²) in [5.41, 5.74) is 1.24. The Bertz CT molecular complexity index is 568. The number of carbonyl (C=O) groups excluding carboxylic acids is 1. The molecular weight excluding hydrogens is 250 g/mol. The van der Waals surface area contributed by atoms with Gasteiger partial charge in [0.2, 0.25) is 5.91 Å². The smallest absolute Gasteiger partial charge is 0.221 e. The normalized spacial score (nSPS) is 12.3. The molecule has 0 aliphatic heterocycles. The van der Waals surface area contributed by atoms with Gasteiger partial charge in [-0.25, -0.2) is 8.42 Å². The van der Waals surface area contributed by atoms with Crippen LogP contribution in [0.1, 0.15) is 33.3 Å². The lowest BCUT2D eigenvalue weighted by Gasteiger charge is -2.21. The number of aryl methyl sites for hydroxylation is 1. The average Bonchev–Trinajstić information content (AvgIpc) is 2.13. The Morgan fingerprint density at radius 1 is 1.22 bits per heavy atom. The molecule has 0 aliphatic carbocycles. The third kappa shape index (κ3) is 2.90. The number of sulfone groups is 1. The summed E-state index contributed by atoms with van der Waals surface area (Å²) in [5, 5.41) is 2.63. The van der Waals surface area contributed by atoms with Gasteiger partial charge in [-0.1, -0.05) is 0 Å². The molecule has 0 saturated carbocycles. The molecule has 18 heavy (non-hydrogen) atoms. The fraction of sp³-hybridized carbons (Fsp3) is 0.462. The van der Waals surface area contributed by atoms with Crippen LogP contribution in [-0.4, -0.2) is 19.1 Å². The van der Waals surface area contributed by atoms with Crippen LogP contribution < -0.4 is 5.32 Å². The molecule has 100 valence electrons. The van der Waals surface area contributed by atoms with Gasteiger partial charge in [0.15, 0.2) is 9.84 Å². The molecule has 1 rings (SSSR count). The van der Waals surface area contributed by atoms with Crippen LogP contribution in [0.2, 0.25) is 0 Å². The van der Waals surface area contributed by atoms with E-state index in [2.05, 4.69) is 5.32 Å². The largest absolute Gasteiger partial charge is 0.326 e. The van der Waals surface area contributed by atoms with Crippen molar-refractivity contribution in [2.24, 2.45) is 0 Å². The van der Waals surface area contributed by atoms with Gasteiger partial charge >= 0.3 is 0 Å². The second-order valence-corrected chi connectivity index (χ2v) is 7.95. The summed E-state index contributed by atoms with van der Waals surface area (Å²) >= 11 is 0. The SMILES string of the molecule is CC(=O)Nc1ccc(S(=O)(=O)C(C)(C)C)c(C)c1. The van der Waals surface area contributed by atoms with Gasteiger partial charge in [-0.15, -0.1) is 0 Å². The summed E-state index contributed by atoms with van der Waals surface area (Å²) in [7, 11) is -3.37. The molecule has 1 amide bonds. The molecule has 1 aromatic rings. The van der Waals surface area contributed by atoms with E-state index in [1.54, 1.807) is 45.9 Å². The minimum atomic E-state index is -3.37. The number of benzene rings is 1. The molecule has 0 fully saturated rings. The van der Waals surface area contributed by atoms with Gasteiger partial charge in [-0.2, -0.15) is 0 Å². The maximum atomic E-state index is 12.3. The number of anilines is 1. The lowest BCUT2D eigenvalue weighted by molar-refractivity contribution is -0.114. The second-order valence-electron chi connectivity index (χ2n) is 5.28. The minimum Gasteiger partial charge on any atom is -0.326 e. The molecule has 0 radical (unpaired) electrons. The first-order valence-electron chi connectivity index (χ1n) is 5.68. The van der Waals surface area contributed by atoms with Crippen LogP contribution in [0, 0.1) is 6.92 Å². The third-order valence-electron chi connectivity index (χ3n) is 2.59. The Labute approximate surface area is 108 Å². The Balaban J connectivity index is 3.27. The second kappa shape index (κ2) is 4.72. The Morgan fingerprint density at radius 3 is 2.17 bits per heavy atom. The molecule has 1 N–H and O–H groups in total. The highest BCUT2D eigenvalue weighted by Gasteiger charge is 2.31. The predicted octanol–water partition coefficient (Wildman–Crippen LogP) is 2.53. The zero-order valence-electron chi connectivity index (χ0n) is 11.4. The molecule has 0 unspecified atom stereocenters. The third-order valence-corrected chi connectivity index (χ3v) is 5.24. The Hall–Kier alpha value is -1.36. The van der Waals surface area contributed by atoms with E-state index in [0.29, 0.717) is 16.1 Å². The molecule has 0 atom stereocenters. The van der Waals surface area contributed by atoms with Gasteiger partial charge < -0.3 is 5.32 Å². The first-order chi connectivity index (χ1) is 8.05. The van der Waals surface area contributed by atoms with Crippen molar-refractivity contribution in [3.8, 4) is 0 Å². The molecular formula is C13H19NO3S. The van der Waals surface area contributed by atoms with E-state index in [-0.39, 0.29) is 5.91 Å². The quantitative estimate of drug-likeness (QED) is 0.897. The highest BCUT2D eigenvalue weighted by molar-refractivity contribution is 7.92. The van der Waals surface area contributed by atoms with E-state index in [0.717, 1.165) is 0 Å². The summed E-state index contributed by atoms with van der Waals surface area (Å²) in [6, 6.07) is 4.81. The van der Waals surface area contributed by atoms with Crippen LogP contribution in [0.5, 0.6) is 0 Å². The van der Waals surface area contributed by atoms with Gasteiger partial charge in [0.25, 0.3) is 0 Å². The Kier molecular flexibility index (Phi) is 3.86. The number of rotatable bonds is 2. The van der Waals surface area contributed by atoms with Gasteiger partial charge in [-0.05, 0) is 51.5 Å². The van der Waals surface area contributed by atoms with Crippen molar-refractivity contribution in [3.05, 3.63) is 23.8 Å². The van der Waals surface area contributed by atoms with Crippen LogP contribution in [0.4, 0.5) is 5.69 Å². The van der Waals surface area contributed by atoms with Crippen LogP contribution in [0.15, 0.2) is 23.1 Å². The monoisotopic (exact) mass is 269 g/mol. The predicted molar refractivity (Wildman–Crippen MR) is 72.4 cm³/mol. The van der Waals surface area contributed by atoms with Crippen molar-refractivity contribution in [1.29, 1.82) is 0 Å². The molecule has 0 saturated heterocycles. The first-order valence-corrected chi connectivity index (χ1v) is 7.17. The highest BCUT2D eigenvalue weighted by atomic mass is 32.2. The number of amides is 1. The number of nitrogens with one attached hydrogen (secondary N) is 1. The molecule has 0 heterocycles. The topological polar surface area (TPSA) is 63.2 Å². The zero-order valence-corrected chi connectivity index (χ0v) is 12.2. The number of hydrogen-bond donors (Lipinski definition) is 1. The van der Waals surface area contributed by atoms with E-state index in [9.17, 15) is 13.2 Å². The van der Waals surface area contributed by atoms with E-state index in [1.165, 1.54) is 6.92 Å². The van der Waals surface area contributed by atoms with Crippen molar-refractivity contribution >= 4 is 21.4 Å². The number of carbonyl (C=O) groups is 1. The summed E-state index contributed by atoms with van der Waals surface area (Å²) in [6.45, 7) is 8.15. The maximum absolute atomic E-state index is 12.3. The van der Waals surface area contributed by atoms with Crippen LogP contribution in [0.3, 0.4) is 0 Å². The molecule has 0 spiro atoms. The maximum Gasteiger partial charge on any atom is 0.221 e. The molecule has 1 aromatic carbocycles. The lowest BCUT2D eigenvalue weighted by Crippen LogP contribution is -2.28. The first kappa shape index (κ1) is 14.7. The van der Waals surface area contributed by atoms with E-state index < -0.39 is 14.6 Å². The van der Waals surface area contributed by atoms with E-state index in [4.69, 9.17) is 0 Å². The van der Waals surface area contributed by atoms with Crippen LogP contribution in [0.25, 0.3) is 0 Å². The zero-order chi connectivity index (χ0) is 14.1. The molecule has 0 aromatic heterocycles. The van der Waals surface area contributed by atoms with E-state index >= 15 is 0 Å². The minimum absolute atomic E-state index is 0.180. The van der Waals surface area contributed by atoms with E-state index in [1.807, 2.05) is 0 Å². The van der Waals surface area contributed by atoms with Crippen LogP contribution in [-0.2, 0) is 14.6 Å². The average molecular weight is 269 g/mol. The standard InChI is InChI=1S/C13H19NO3S/c1-9-8-11(14-10(2)15)6-7-12(9)18(16,17)13(3,4)5/h6-8H,1-5H3,(H,14,15). The number of hydrogen-bond acceptors (Lipinski definition) is 3. The van der Waals surface area contributed by atoms with Gasteiger partial charge in [-0.3, -0.25) is 4.79 Å². The Morgan fingerprint density at radius 2 is 1.78 bits per heavy atom. The van der Waals surface area contributed by atoms with Crippen molar-refractivity contribution in [2.45, 2.75) is 44.3 Å². The highest BCUT2D eigenvalue weighted by Crippen LogP contribution is 2.28. The summed E-state index contributed by atoms with van der Waals surface area (Å²) in [4.78, 5) is 11.2. The van der Waals surface area contributed by atoms with Gasteiger partial charge in [0.1, 0.15) is 0 Å². The molecule has 5 heteroatoms. The lowest BCUT2D eigenvalue weighted by atomic mass is 10.2. The van der Waals surface area contributed by atoms with Crippen molar-refractivity contribution in [2.75, 3.05) is 5.32 Å². The van der Waals surface area contributed by atoms with Crippen molar-refractivity contribution < 1.29 is 13.2 Å². The summed E-state index contributed by atoms with van der Waals surface area (Å²) < 4.78 is 23.8. The molecule has 4 nitrogen and oxygen atoms in total. The van der Waals surface area contributed by atoms with Gasteiger partial charge in [0.05, 0.1) is 9.64 Å². The fourth-order valence-corrected chi connectivity index (χ4v) is 2.95. The van der Waals surface area contributed by atoms with Crippen LogP contribution >= 0.6 is 0 Å². The summed E-state index contributed by atoms with van der Waals surface area (Å²) in [5.74, 6) is -0.180. The summed E-state index contributed by atoms with van der Waals surface area (Å²) in [6.07, 6.45) is 0.